The maximum atomic E-state index is 4.52. The van der Waals surface area contributed by atoms with E-state index in [1.54, 1.807) is 0 Å². The molecule has 108 valence electrons. The summed E-state index contributed by atoms with van der Waals surface area (Å²) >= 11 is 0. The van der Waals surface area contributed by atoms with Crippen molar-refractivity contribution >= 4 is 35.8 Å². The van der Waals surface area contributed by atoms with E-state index in [1.165, 1.54) is 0 Å². The van der Waals surface area contributed by atoms with Gasteiger partial charge in [0.05, 0.1) is 6.54 Å². The van der Waals surface area contributed by atoms with E-state index in [4.69, 9.17) is 0 Å². The molecule has 0 atom stereocenters. The average Bonchev–Trinajstić information content (AvgIpc) is 2.37. The molecular formula is C13H24IN5. The molecule has 0 spiro atoms. The molecule has 2 N–H and O–H groups in total. The third-order valence-electron chi connectivity index (χ3n) is 2.38. The molecular weight excluding hydrogens is 353 g/mol. The van der Waals surface area contributed by atoms with E-state index in [9.17, 15) is 0 Å². The van der Waals surface area contributed by atoms with Crippen LogP contribution in [0.2, 0.25) is 0 Å². The van der Waals surface area contributed by atoms with Gasteiger partial charge in [-0.25, -0.2) is 9.98 Å². The summed E-state index contributed by atoms with van der Waals surface area (Å²) in [7, 11) is 3.97. The Kier molecular flexibility index (Phi) is 9.28. The third kappa shape index (κ3) is 6.60. The number of halogens is 1. The Morgan fingerprint density at radius 3 is 2.42 bits per heavy atom. The molecule has 1 aromatic heterocycles. The van der Waals surface area contributed by atoms with Crippen LogP contribution in [0.5, 0.6) is 0 Å². The Labute approximate surface area is 132 Å². The topological polar surface area (TPSA) is 52.6 Å². The first-order chi connectivity index (χ1) is 8.67. The first kappa shape index (κ1) is 17.9. The van der Waals surface area contributed by atoms with E-state index in [-0.39, 0.29) is 24.0 Å². The van der Waals surface area contributed by atoms with Gasteiger partial charge in [0, 0.05) is 33.4 Å². The van der Waals surface area contributed by atoms with Crippen molar-refractivity contribution in [2.24, 2.45) is 4.99 Å². The molecule has 0 fully saturated rings. The lowest BCUT2D eigenvalue weighted by Gasteiger charge is -2.12. The number of guanidine groups is 1. The number of rotatable bonds is 5. The molecule has 1 aromatic rings. The van der Waals surface area contributed by atoms with Gasteiger partial charge >= 0.3 is 0 Å². The van der Waals surface area contributed by atoms with Gasteiger partial charge in [0.1, 0.15) is 5.82 Å². The molecule has 0 bridgehead atoms. The van der Waals surface area contributed by atoms with E-state index < -0.39 is 0 Å². The predicted molar refractivity (Wildman–Crippen MR) is 92.5 cm³/mol. The van der Waals surface area contributed by atoms with Gasteiger partial charge in [-0.15, -0.1) is 24.0 Å². The zero-order valence-electron chi connectivity index (χ0n) is 12.1. The van der Waals surface area contributed by atoms with Crippen LogP contribution in [0.1, 0.15) is 19.4 Å². The van der Waals surface area contributed by atoms with Gasteiger partial charge in [-0.1, -0.05) is 0 Å². The fraction of sp³-hybridized carbons (Fsp3) is 0.538. The first-order valence-corrected chi connectivity index (χ1v) is 6.31. The molecule has 0 aromatic carbocycles. The van der Waals surface area contributed by atoms with Gasteiger partial charge in [-0.3, -0.25) is 0 Å². The van der Waals surface area contributed by atoms with Crippen LogP contribution in [0, 0.1) is 0 Å². The first-order valence-electron chi connectivity index (χ1n) is 6.31. The van der Waals surface area contributed by atoms with E-state index in [0.29, 0.717) is 6.54 Å². The normalized spacial score (nSPS) is 9.26. The minimum Gasteiger partial charge on any atom is -0.363 e. The highest BCUT2D eigenvalue weighted by atomic mass is 127. The molecule has 1 heterocycles. The Hall–Kier alpha value is -1.05. The number of hydrogen-bond acceptors (Lipinski definition) is 3. The van der Waals surface area contributed by atoms with Crippen molar-refractivity contribution in [3.63, 3.8) is 0 Å². The number of aromatic nitrogens is 1. The summed E-state index contributed by atoms with van der Waals surface area (Å²) in [5, 5.41) is 6.41. The fourth-order valence-electron chi connectivity index (χ4n) is 1.48. The molecule has 0 amide bonds. The van der Waals surface area contributed by atoms with Gasteiger partial charge in [0.2, 0.25) is 0 Å². The molecule has 0 saturated carbocycles. The van der Waals surface area contributed by atoms with Crippen LogP contribution in [0.3, 0.4) is 0 Å². The summed E-state index contributed by atoms with van der Waals surface area (Å²) in [6, 6.07) is 4.05. The number of hydrogen-bond donors (Lipinski definition) is 2. The monoisotopic (exact) mass is 377 g/mol. The number of nitrogens with zero attached hydrogens (tertiary/aromatic N) is 3. The number of anilines is 1. The van der Waals surface area contributed by atoms with E-state index in [0.717, 1.165) is 30.4 Å². The number of aliphatic imine (C=N–C) groups is 1. The molecule has 0 unspecified atom stereocenters. The van der Waals surface area contributed by atoms with Crippen molar-refractivity contribution in [2.45, 2.75) is 20.4 Å². The van der Waals surface area contributed by atoms with Crippen LogP contribution >= 0.6 is 24.0 Å². The van der Waals surface area contributed by atoms with Gasteiger partial charge in [0.25, 0.3) is 0 Å². The Morgan fingerprint density at radius 1 is 1.26 bits per heavy atom. The fourth-order valence-corrected chi connectivity index (χ4v) is 1.48. The Morgan fingerprint density at radius 2 is 1.89 bits per heavy atom. The predicted octanol–water partition coefficient (Wildman–Crippen LogP) is 1.84. The van der Waals surface area contributed by atoms with Crippen LogP contribution in [-0.2, 0) is 6.54 Å². The van der Waals surface area contributed by atoms with Crippen LogP contribution in [0.25, 0.3) is 0 Å². The maximum Gasteiger partial charge on any atom is 0.191 e. The zero-order chi connectivity index (χ0) is 13.4. The van der Waals surface area contributed by atoms with Crippen LogP contribution in [-0.4, -0.2) is 38.1 Å². The Bertz CT molecular complexity index is 384. The summed E-state index contributed by atoms with van der Waals surface area (Å²) < 4.78 is 0. The van der Waals surface area contributed by atoms with Crippen molar-refractivity contribution in [1.29, 1.82) is 0 Å². The van der Waals surface area contributed by atoms with Crippen molar-refractivity contribution in [1.82, 2.24) is 15.6 Å². The van der Waals surface area contributed by atoms with E-state index in [2.05, 4.69) is 40.5 Å². The molecule has 0 saturated heterocycles. The standard InChI is InChI=1S/C13H23N5.HI/c1-5-14-13(15-6-2)17-10-11-7-8-16-12(9-11)18(3)4;/h7-9H,5-6,10H2,1-4H3,(H2,14,15,17);1H. The lowest BCUT2D eigenvalue weighted by molar-refractivity contribution is 0.839. The molecule has 19 heavy (non-hydrogen) atoms. The smallest absolute Gasteiger partial charge is 0.191 e. The Balaban J connectivity index is 0.00000324. The van der Waals surface area contributed by atoms with Crippen molar-refractivity contribution in [3.05, 3.63) is 23.9 Å². The van der Waals surface area contributed by atoms with Crippen molar-refractivity contribution in [2.75, 3.05) is 32.1 Å². The van der Waals surface area contributed by atoms with Crippen LogP contribution in [0.4, 0.5) is 5.82 Å². The van der Waals surface area contributed by atoms with E-state index >= 15 is 0 Å². The summed E-state index contributed by atoms with van der Waals surface area (Å²) in [6.07, 6.45) is 1.82. The van der Waals surface area contributed by atoms with Crippen molar-refractivity contribution < 1.29 is 0 Å². The van der Waals surface area contributed by atoms with Crippen LogP contribution in [0.15, 0.2) is 23.3 Å². The minimum atomic E-state index is 0. The highest BCUT2D eigenvalue weighted by Gasteiger charge is 1.99. The van der Waals surface area contributed by atoms with Crippen LogP contribution < -0.4 is 15.5 Å². The minimum absolute atomic E-state index is 0. The quantitative estimate of drug-likeness (QED) is 0.467. The van der Waals surface area contributed by atoms with E-state index in [1.807, 2.05) is 31.3 Å². The highest BCUT2D eigenvalue weighted by Crippen LogP contribution is 2.10. The lowest BCUT2D eigenvalue weighted by Crippen LogP contribution is -2.36. The van der Waals surface area contributed by atoms with Gasteiger partial charge in [-0.2, -0.15) is 0 Å². The second kappa shape index (κ2) is 9.82. The summed E-state index contributed by atoms with van der Waals surface area (Å²) in [6.45, 7) is 6.50. The third-order valence-corrected chi connectivity index (χ3v) is 2.38. The molecule has 1 rings (SSSR count). The molecule has 0 radical (unpaired) electrons. The average molecular weight is 377 g/mol. The summed E-state index contributed by atoms with van der Waals surface area (Å²) in [5.41, 5.74) is 1.15. The largest absolute Gasteiger partial charge is 0.363 e. The van der Waals surface area contributed by atoms with Gasteiger partial charge in [0.15, 0.2) is 5.96 Å². The maximum absolute atomic E-state index is 4.52. The summed E-state index contributed by atoms with van der Waals surface area (Å²) in [4.78, 5) is 10.8. The molecule has 0 aliphatic rings. The molecule has 0 aliphatic carbocycles. The second-order valence-corrected chi connectivity index (χ2v) is 4.14. The lowest BCUT2D eigenvalue weighted by atomic mass is 10.2. The van der Waals surface area contributed by atoms with Gasteiger partial charge in [-0.05, 0) is 31.5 Å². The second-order valence-electron chi connectivity index (χ2n) is 4.14. The number of nitrogens with one attached hydrogen (secondary N) is 2. The number of pyridine rings is 1. The zero-order valence-corrected chi connectivity index (χ0v) is 14.4. The van der Waals surface area contributed by atoms with Gasteiger partial charge < -0.3 is 15.5 Å². The van der Waals surface area contributed by atoms with Crippen molar-refractivity contribution in [3.8, 4) is 0 Å². The molecule has 6 heteroatoms. The molecule has 0 aliphatic heterocycles. The molecule has 5 nitrogen and oxygen atoms in total. The summed E-state index contributed by atoms with van der Waals surface area (Å²) in [5.74, 6) is 1.80. The SMILES string of the molecule is CCNC(=NCc1ccnc(N(C)C)c1)NCC.I. The highest BCUT2D eigenvalue weighted by molar-refractivity contribution is 14.0.